The lowest BCUT2D eigenvalue weighted by Crippen LogP contribution is -2.39. The van der Waals surface area contributed by atoms with Crippen molar-refractivity contribution in [2.45, 2.75) is 17.9 Å². The molecule has 2 N–H and O–H groups in total. The predicted octanol–water partition coefficient (Wildman–Crippen LogP) is 2.94. The number of carbonyl (C=O) groups is 1. The number of carbonyl (C=O) groups excluding carboxylic acids is 1. The number of hydroxylamine groups is 1. The normalized spacial score (nSPS) is 11.6. The molecule has 0 aliphatic heterocycles. The monoisotopic (exact) mass is 463 g/mol. The van der Waals surface area contributed by atoms with Gasteiger partial charge in [0.05, 0.1) is 23.6 Å². The van der Waals surface area contributed by atoms with Crippen LogP contribution in [0.2, 0.25) is 0 Å². The molecule has 1 heterocycles. The van der Waals surface area contributed by atoms with Gasteiger partial charge in [-0.1, -0.05) is 18.2 Å². The lowest BCUT2D eigenvalue weighted by atomic mass is 10.1. The van der Waals surface area contributed by atoms with Crippen LogP contribution in [0.4, 0.5) is 0 Å². The number of fused-ring (bicyclic) bond motifs is 1. The molecule has 2 aromatic carbocycles. The first kappa shape index (κ1) is 23.0. The van der Waals surface area contributed by atoms with Gasteiger partial charge in [0.15, 0.2) is 0 Å². The maximum absolute atomic E-state index is 13.3. The van der Waals surface area contributed by atoms with Gasteiger partial charge in [-0.25, -0.2) is 13.9 Å². The van der Waals surface area contributed by atoms with Crippen LogP contribution in [-0.2, 0) is 21.4 Å². The van der Waals surface area contributed by atoms with Crippen molar-refractivity contribution in [3.63, 3.8) is 0 Å². The average Bonchev–Trinajstić information content (AvgIpc) is 2.79. The standard InChI is InChI=1S/C21H22ClN3O5S/c22-11-3-13-30-17-6-8-18(9-7-17)31(28,29)25(15-21(26)24-27)14-16-10-12-23-20-5-2-1-4-19(16)20/h1-2,4-10,12,27H,3,11,13-15H2,(H,24,26). The predicted molar refractivity (Wildman–Crippen MR) is 117 cm³/mol. The molecule has 31 heavy (non-hydrogen) atoms. The van der Waals surface area contributed by atoms with E-state index in [4.69, 9.17) is 21.5 Å². The molecule has 0 aliphatic carbocycles. The van der Waals surface area contributed by atoms with Crippen LogP contribution in [0.15, 0.2) is 65.7 Å². The summed E-state index contributed by atoms with van der Waals surface area (Å²) >= 11 is 5.62. The zero-order valence-corrected chi connectivity index (χ0v) is 18.1. The molecule has 0 bridgehead atoms. The minimum Gasteiger partial charge on any atom is -0.494 e. The van der Waals surface area contributed by atoms with E-state index in [0.29, 0.717) is 35.7 Å². The fraction of sp³-hybridized carbons (Fsp3) is 0.238. The Labute approximate surface area is 185 Å². The fourth-order valence-corrected chi connectivity index (χ4v) is 4.49. The molecule has 0 aliphatic rings. The van der Waals surface area contributed by atoms with Crippen molar-refractivity contribution >= 4 is 38.4 Å². The first-order valence-corrected chi connectivity index (χ1v) is 11.5. The van der Waals surface area contributed by atoms with Crippen molar-refractivity contribution in [3.8, 4) is 5.75 Å². The summed E-state index contributed by atoms with van der Waals surface area (Å²) in [6.07, 6.45) is 2.26. The molecular formula is C21H22ClN3O5S. The minimum absolute atomic E-state index is 0.00120. The topological polar surface area (TPSA) is 109 Å². The molecule has 10 heteroatoms. The number of sulfonamides is 1. The van der Waals surface area contributed by atoms with E-state index in [2.05, 4.69) is 4.98 Å². The van der Waals surface area contributed by atoms with Crippen LogP contribution < -0.4 is 10.2 Å². The van der Waals surface area contributed by atoms with E-state index in [0.717, 1.165) is 9.69 Å². The van der Waals surface area contributed by atoms with Crippen molar-refractivity contribution in [2.75, 3.05) is 19.0 Å². The Hall–Kier alpha value is -2.72. The molecule has 0 spiro atoms. The quantitative estimate of drug-likeness (QED) is 0.207. The number of ether oxygens (including phenoxy) is 1. The van der Waals surface area contributed by atoms with Gasteiger partial charge in [0, 0.05) is 24.0 Å². The highest BCUT2D eigenvalue weighted by Crippen LogP contribution is 2.24. The minimum atomic E-state index is -4.05. The van der Waals surface area contributed by atoms with Crippen LogP contribution in [0, 0.1) is 0 Å². The average molecular weight is 464 g/mol. The summed E-state index contributed by atoms with van der Waals surface area (Å²) in [6.45, 7) is -0.205. The molecule has 1 aromatic heterocycles. The number of alkyl halides is 1. The van der Waals surface area contributed by atoms with Crippen LogP contribution in [0.25, 0.3) is 10.9 Å². The van der Waals surface area contributed by atoms with Crippen molar-refractivity contribution in [3.05, 3.63) is 66.4 Å². The first-order chi connectivity index (χ1) is 15.0. The number of rotatable bonds is 10. The summed E-state index contributed by atoms with van der Waals surface area (Å²) in [5, 5.41) is 9.72. The number of amides is 1. The number of nitrogens with one attached hydrogen (secondary N) is 1. The molecule has 0 unspecified atom stereocenters. The number of benzene rings is 2. The van der Waals surface area contributed by atoms with Gasteiger partial charge in [0.25, 0.3) is 5.91 Å². The molecule has 8 nitrogen and oxygen atoms in total. The molecule has 0 saturated carbocycles. The van der Waals surface area contributed by atoms with E-state index in [1.807, 2.05) is 24.3 Å². The lowest BCUT2D eigenvalue weighted by Gasteiger charge is -2.22. The van der Waals surface area contributed by atoms with Crippen molar-refractivity contribution in [1.82, 2.24) is 14.8 Å². The van der Waals surface area contributed by atoms with Gasteiger partial charge in [-0.15, -0.1) is 11.6 Å². The second kappa shape index (κ2) is 10.5. The molecule has 1 amide bonds. The van der Waals surface area contributed by atoms with Gasteiger partial charge < -0.3 is 4.74 Å². The molecule has 0 fully saturated rings. The van der Waals surface area contributed by atoms with E-state index < -0.39 is 22.5 Å². The van der Waals surface area contributed by atoms with Gasteiger partial charge in [-0.05, 0) is 48.4 Å². The Kier molecular flexibility index (Phi) is 7.80. The summed E-state index contributed by atoms with van der Waals surface area (Å²) < 4.78 is 33.1. The second-order valence-corrected chi connectivity index (χ2v) is 8.97. The highest BCUT2D eigenvalue weighted by molar-refractivity contribution is 7.89. The van der Waals surface area contributed by atoms with E-state index in [-0.39, 0.29) is 11.4 Å². The summed E-state index contributed by atoms with van der Waals surface area (Å²) in [4.78, 5) is 16.1. The maximum Gasteiger partial charge on any atom is 0.258 e. The summed E-state index contributed by atoms with van der Waals surface area (Å²) in [5.74, 6) is 0.143. The van der Waals surface area contributed by atoms with Crippen molar-refractivity contribution < 1.29 is 23.2 Å². The largest absolute Gasteiger partial charge is 0.494 e. The Morgan fingerprint density at radius 3 is 2.58 bits per heavy atom. The van der Waals surface area contributed by atoms with Crippen molar-refractivity contribution in [2.24, 2.45) is 0 Å². The molecular weight excluding hydrogens is 442 g/mol. The van der Waals surface area contributed by atoms with Crippen LogP contribution in [0.1, 0.15) is 12.0 Å². The number of pyridine rings is 1. The van der Waals surface area contributed by atoms with Crippen LogP contribution in [-0.4, -0.2) is 47.9 Å². The Bertz CT molecular complexity index is 1130. The van der Waals surface area contributed by atoms with Crippen LogP contribution in [0.3, 0.4) is 0 Å². The number of halogens is 1. The van der Waals surface area contributed by atoms with E-state index in [1.165, 1.54) is 17.6 Å². The molecule has 3 rings (SSSR count). The smallest absolute Gasteiger partial charge is 0.258 e. The number of hydrogen-bond donors (Lipinski definition) is 2. The fourth-order valence-electron chi connectivity index (χ4n) is 3.01. The SMILES string of the molecule is O=C(CN(Cc1ccnc2ccccc12)S(=O)(=O)c1ccc(OCCCCl)cc1)NO. The molecule has 0 saturated heterocycles. The van der Waals surface area contributed by atoms with Gasteiger partial charge in [0.1, 0.15) is 5.75 Å². The van der Waals surface area contributed by atoms with E-state index >= 15 is 0 Å². The number of para-hydroxylation sites is 1. The maximum atomic E-state index is 13.3. The highest BCUT2D eigenvalue weighted by Gasteiger charge is 2.27. The van der Waals surface area contributed by atoms with Crippen LogP contribution >= 0.6 is 11.6 Å². The van der Waals surface area contributed by atoms with Gasteiger partial charge in [-0.2, -0.15) is 4.31 Å². The molecule has 0 radical (unpaired) electrons. The Morgan fingerprint density at radius 2 is 1.87 bits per heavy atom. The van der Waals surface area contributed by atoms with Gasteiger partial charge in [-0.3, -0.25) is 15.0 Å². The zero-order valence-electron chi connectivity index (χ0n) is 16.6. The highest BCUT2D eigenvalue weighted by atomic mass is 35.5. The van der Waals surface area contributed by atoms with E-state index in [9.17, 15) is 13.2 Å². The third kappa shape index (κ3) is 5.71. The molecule has 3 aromatic rings. The van der Waals surface area contributed by atoms with Crippen molar-refractivity contribution in [1.29, 1.82) is 0 Å². The molecule has 0 atom stereocenters. The number of aromatic nitrogens is 1. The number of nitrogens with zero attached hydrogens (tertiary/aromatic N) is 2. The lowest BCUT2D eigenvalue weighted by molar-refractivity contribution is -0.129. The zero-order chi connectivity index (χ0) is 22.3. The van der Waals surface area contributed by atoms with E-state index in [1.54, 1.807) is 24.4 Å². The Morgan fingerprint density at radius 1 is 1.13 bits per heavy atom. The molecule has 164 valence electrons. The number of hydrogen-bond acceptors (Lipinski definition) is 6. The summed E-state index contributed by atoms with van der Waals surface area (Å²) in [6, 6.07) is 15.0. The van der Waals surface area contributed by atoms with Gasteiger partial charge >= 0.3 is 0 Å². The first-order valence-electron chi connectivity index (χ1n) is 9.50. The second-order valence-electron chi connectivity index (χ2n) is 6.66. The summed E-state index contributed by atoms with van der Waals surface area (Å²) in [5.41, 5.74) is 2.88. The third-order valence-corrected chi connectivity index (χ3v) is 6.61. The summed E-state index contributed by atoms with van der Waals surface area (Å²) in [7, 11) is -4.05. The van der Waals surface area contributed by atoms with Gasteiger partial charge in [0.2, 0.25) is 10.0 Å². The Balaban J connectivity index is 1.90. The third-order valence-electron chi connectivity index (χ3n) is 4.54. The van der Waals surface area contributed by atoms with Crippen LogP contribution in [0.5, 0.6) is 5.75 Å².